The van der Waals surface area contributed by atoms with Crippen LogP contribution in [0.4, 0.5) is 0 Å². The van der Waals surface area contributed by atoms with Crippen molar-refractivity contribution < 1.29 is 0 Å². The topological polar surface area (TPSA) is 38.7 Å². The van der Waals surface area contributed by atoms with Gasteiger partial charge in [0.1, 0.15) is 0 Å². The van der Waals surface area contributed by atoms with E-state index in [1.54, 1.807) is 0 Å². The molecule has 258 valence electrons. The minimum absolute atomic E-state index is 0.122. The predicted molar refractivity (Wildman–Crippen MR) is 222 cm³/mol. The highest BCUT2D eigenvalue weighted by molar-refractivity contribution is 5.94. The molecule has 1 aromatic heterocycles. The van der Waals surface area contributed by atoms with Crippen molar-refractivity contribution in [2.24, 2.45) is 0 Å². The molecule has 54 heavy (non-hydrogen) atoms. The van der Waals surface area contributed by atoms with Crippen molar-refractivity contribution >= 4 is 0 Å². The van der Waals surface area contributed by atoms with Gasteiger partial charge in [-0.1, -0.05) is 179 Å². The van der Waals surface area contributed by atoms with Crippen molar-refractivity contribution in [3.8, 4) is 78.7 Å². The lowest BCUT2D eigenvalue weighted by Crippen LogP contribution is -2.15. The van der Waals surface area contributed by atoms with E-state index < -0.39 is 0 Å². The molecule has 0 radical (unpaired) electrons. The maximum absolute atomic E-state index is 5.22. The van der Waals surface area contributed by atoms with Gasteiger partial charge in [-0.25, -0.2) is 15.0 Å². The summed E-state index contributed by atoms with van der Waals surface area (Å²) in [5, 5.41) is 0. The van der Waals surface area contributed by atoms with Crippen LogP contribution in [0.3, 0.4) is 0 Å². The number of hydrogen-bond acceptors (Lipinski definition) is 3. The van der Waals surface area contributed by atoms with Crippen LogP contribution in [0, 0.1) is 0 Å². The molecular formula is C51H39N3. The van der Waals surface area contributed by atoms with Crippen molar-refractivity contribution in [3.63, 3.8) is 0 Å². The molecule has 0 fully saturated rings. The predicted octanol–water partition coefficient (Wildman–Crippen LogP) is 12.8. The summed E-state index contributed by atoms with van der Waals surface area (Å²) in [5.41, 5.74) is 18.0. The molecule has 0 unspecified atom stereocenters. The summed E-state index contributed by atoms with van der Waals surface area (Å²) in [7, 11) is 0. The summed E-state index contributed by atoms with van der Waals surface area (Å²) in [4.78, 5) is 15.5. The molecule has 0 saturated heterocycles. The highest BCUT2D eigenvalue weighted by Gasteiger charge is 2.38. The third kappa shape index (κ3) is 4.99. The van der Waals surface area contributed by atoms with Gasteiger partial charge in [0.2, 0.25) is 0 Å². The number of aromatic nitrogens is 3. The number of hydrogen-bond donors (Lipinski definition) is 0. The zero-order valence-electron chi connectivity index (χ0n) is 30.9. The Bertz CT molecular complexity index is 2740. The van der Waals surface area contributed by atoms with Crippen LogP contribution in [0.25, 0.3) is 78.7 Å². The molecule has 0 N–H and O–H groups in total. The molecule has 3 nitrogen and oxygen atoms in total. The average Bonchev–Trinajstić information content (AvgIpc) is 3.60. The molecule has 0 bridgehead atoms. The standard InChI is InChI=1S/C51H39N3/c1-50(2)42-20-12-11-18-39(42)40-28-26-36(30-44(40)50)48-52-47(35-16-9-6-10-17-35)53-49(54-48)37-27-29-41-45(31-37)51(3,4)43-21-13-19-38(46(41)43)34-24-22-33(23-25-34)32-14-7-5-8-15-32/h5-31H,1-4H3. The van der Waals surface area contributed by atoms with E-state index >= 15 is 0 Å². The van der Waals surface area contributed by atoms with Crippen LogP contribution in [0.15, 0.2) is 164 Å². The number of rotatable bonds is 5. The second-order valence-corrected chi connectivity index (χ2v) is 15.7. The van der Waals surface area contributed by atoms with E-state index in [2.05, 4.69) is 173 Å². The monoisotopic (exact) mass is 693 g/mol. The van der Waals surface area contributed by atoms with Crippen molar-refractivity contribution in [1.82, 2.24) is 15.0 Å². The summed E-state index contributed by atoms with van der Waals surface area (Å²) in [6.07, 6.45) is 0. The second kappa shape index (κ2) is 12.0. The summed E-state index contributed by atoms with van der Waals surface area (Å²) >= 11 is 0. The summed E-state index contributed by atoms with van der Waals surface area (Å²) in [6, 6.07) is 58.8. The highest BCUT2D eigenvalue weighted by atomic mass is 15.0. The van der Waals surface area contributed by atoms with Gasteiger partial charge in [-0.2, -0.15) is 0 Å². The van der Waals surface area contributed by atoms with E-state index in [9.17, 15) is 0 Å². The van der Waals surface area contributed by atoms with Crippen molar-refractivity contribution in [2.75, 3.05) is 0 Å². The van der Waals surface area contributed by atoms with Gasteiger partial charge in [0, 0.05) is 27.5 Å². The third-order valence-electron chi connectivity index (χ3n) is 11.8. The first-order valence-corrected chi connectivity index (χ1v) is 18.8. The van der Waals surface area contributed by atoms with Crippen LogP contribution in [0.5, 0.6) is 0 Å². The minimum Gasteiger partial charge on any atom is -0.208 e. The van der Waals surface area contributed by atoms with E-state index in [-0.39, 0.29) is 10.8 Å². The van der Waals surface area contributed by atoms with Gasteiger partial charge in [0.15, 0.2) is 17.5 Å². The Morgan fingerprint density at radius 1 is 0.296 bits per heavy atom. The summed E-state index contributed by atoms with van der Waals surface area (Å²) in [6.45, 7) is 9.29. The SMILES string of the molecule is CC1(C)c2ccccc2-c2ccc(-c3nc(-c4ccccc4)nc(-c4ccc5c(c4)C(C)(C)c4cccc(-c6ccc(-c7ccccc7)cc6)c4-5)n3)cc21. The molecule has 10 rings (SSSR count). The molecule has 0 aliphatic heterocycles. The fraction of sp³-hybridized carbons (Fsp3) is 0.118. The van der Waals surface area contributed by atoms with Gasteiger partial charge in [-0.05, 0) is 78.9 Å². The zero-order valence-corrected chi connectivity index (χ0v) is 30.9. The van der Waals surface area contributed by atoms with E-state index in [1.165, 1.54) is 66.8 Å². The van der Waals surface area contributed by atoms with Crippen LogP contribution in [0.2, 0.25) is 0 Å². The summed E-state index contributed by atoms with van der Waals surface area (Å²) < 4.78 is 0. The van der Waals surface area contributed by atoms with Crippen LogP contribution in [0.1, 0.15) is 49.9 Å². The number of nitrogens with zero attached hydrogens (tertiary/aromatic N) is 3. The van der Waals surface area contributed by atoms with E-state index in [1.807, 2.05) is 18.2 Å². The number of fused-ring (bicyclic) bond motifs is 6. The normalized spacial score (nSPS) is 14.2. The van der Waals surface area contributed by atoms with E-state index in [4.69, 9.17) is 15.0 Å². The Labute approximate surface area is 317 Å². The molecule has 0 atom stereocenters. The van der Waals surface area contributed by atoms with Gasteiger partial charge in [0.05, 0.1) is 0 Å². The first kappa shape index (κ1) is 32.2. The van der Waals surface area contributed by atoms with Crippen molar-refractivity contribution in [1.29, 1.82) is 0 Å². The Morgan fingerprint density at radius 2 is 0.722 bits per heavy atom. The Balaban J connectivity index is 1.08. The molecule has 0 amide bonds. The van der Waals surface area contributed by atoms with Gasteiger partial charge >= 0.3 is 0 Å². The lowest BCUT2D eigenvalue weighted by molar-refractivity contribution is 0.660. The Kier molecular flexibility index (Phi) is 7.19. The molecular weight excluding hydrogens is 655 g/mol. The third-order valence-corrected chi connectivity index (χ3v) is 11.8. The molecule has 2 aliphatic rings. The largest absolute Gasteiger partial charge is 0.208 e. The first-order valence-electron chi connectivity index (χ1n) is 18.8. The Morgan fingerprint density at radius 3 is 1.39 bits per heavy atom. The van der Waals surface area contributed by atoms with Crippen LogP contribution in [-0.4, -0.2) is 15.0 Å². The molecule has 0 saturated carbocycles. The maximum Gasteiger partial charge on any atom is 0.164 e. The molecule has 8 aromatic rings. The van der Waals surface area contributed by atoms with E-state index in [0.717, 1.165) is 16.7 Å². The van der Waals surface area contributed by atoms with Gasteiger partial charge in [-0.15, -0.1) is 0 Å². The molecule has 1 heterocycles. The van der Waals surface area contributed by atoms with Crippen LogP contribution in [-0.2, 0) is 10.8 Å². The van der Waals surface area contributed by atoms with Crippen molar-refractivity contribution in [3.05, 3.63) is 186 Å². The minimum atomic E-state index is -0.209. The summed E-state index contributed by atoms with van der Waals surface area (Å²) in [5.74, 6) is 2.02. The lowest BCUT2D eigenvalue weighted by Gasteiger charge is -2.22. The quantitative estimate of drug-likeness (QED) is 0.180. The smallest absolute Gasteiger partial charge is 0.164 e. The second-order valence-electron chi connectivity index (χ2n) is 15.7. The first-order chi connectivity index (χ1) is 26.3. The molecule has 7 aromatic carbocycles. The average molecular weight is 694 g/mol. The van der Waals surface area contributed by atoms with E-state index in [0.29, 0.717) is 17.5 Å². The van der Waals surface area contributed by atoms with Crippen LogP contribution >= 0.6 is 0 Å². The maximum atomic E-state index is 5.22. The molecule has 0 spiro atoms. The van der Waals surface area contributed by atoms with Crippen molar-refractivity contribution in [2.45, 2.75) is 38.5 Å². The lowest BCUT2D eigenvalue weighted by atomic mass is 9.81. The molecule has 3 heteroatoms. The van der Waals surface area contributed by atoms with Gasteiger partial charge < -0.3 is 0 Å². The highest BCUT2D eigenvalue weighted by Crippen LogP contribution is 2.53. The number of benzene rings is 7. The Hall–Kier alpha value is -6.45. The van der Waals surface area contributed by atoms with Crippen LogP contribution < -0.4 is 0 Å². The van der Waals surface area contributed by atoms with Gasteiger partial charge in [0.25, 0.3) is 0 Å². The zero-order chi connectivity index (χ0) is 36.6. The fourth-order valence-electron chi connectivity index (χ4n) is 8.83. The molecule has 2 aliphatic carbocycles. The fourth-order valence-corrected chi connectivity index (χ4v) is 8.83. The van der Waals surface area contributed by atoms with Gasteiger partial charge in [-0.3, -0.25) is 0 Å².